The molecule has 3 aromatic rings. The highest BCUT2D eigenvalue weighted by Crippen LogP contribution is 2.24. The third-order valence-corrected chi connectivity index (χ3v) is 3.79. The lowest BCUT2D eigenvalue weighted by Crippen LogP contribution is -2.17. The van der Waals surface area contributed by atoms with Gasteiger partial charge in [0.2, 0.25) is 0 Å². The van der Waals surface area contributed by atoms with Crippen LogP contribution in [0.4, 0.5) is 5.13 Å². The normalized spacial score (nSPS) is 11.1. The molecule has 6 nitrogen and oxygen atoms in total. The van der Waals surface area contributed by atoms with Crippen molar-refractivity contribution in [2.24, 2.45) is 5.10 Å². The van der Waals surface area contributed by atoms with Crippen LogP contribution in [0.15, 0.2) is 47.6 Å². The number of nitrogens with two attached hydrogens (primary N) is 1. The summed E-state index contributed by atoms with van der Waals surface area (Å²) in [6.07, 6.45) is 1.50. The minimum atomic E-state index is -0.316. The van der Waals surface area contributed by atoms with Gasteiger partial charge in [0.05, 0.1) is 16.4 Å². The van der Waals surface area contributed by atoms with Crippen molar-refractivity contribution in [1.82, 2.24) is 10.4 Å². The standard InChI is InChI=1S/C15H12N4O2S/c16-15-18-12-6-3-10(7-13(12)22-15)14(21)19-17-8-9-1-4-11(20)5-2-9/h1-8,20H,(H2,16,18)(H,19,21)/b17-8-. The molecular formula is C15H12N4O2S. The number of anilines is 1. The molecule has 0 bridgehead atoms. The number of aromatic nitrogens is 1. The van der Waals surface area contributed by atoms with E-state index in [4.69, 9.17) is 5.73 Å². The molecule has 0 radical (unpaired) electrons. The summed E-state index contributed by atoms with van der Waals surface area (Å²) < 4.78 is 0.854. The molecule has 1 heterocycles. The first-order valence-electron chi connectivity index (χ1n) is 6.40. The maximum absolute atomic E-state index is 12.0. The van der Waals surface area contributed by atoms with Gasteiger partial charge in [-0.05, 0) is 48.0 Å². The largest absolute Gasteiger partial charge is 0.508 e. The number of rotatable bonds is 3. The lowest BCUT2D eigenvalue weighted by molar-refractivity contribution is 0.0955. The Balaban J connectivity index is 1.71. The van der Waals surface area contributed by atoms with Crippen LogP contribution in [0.1, 0.15) is 15.9 Å². The Hall–Kier alpha value is -2.93. The molecule has 0 aliphatic carbocycles. The Labute approximate surface area is 129 Å². The molecule has 4 N–H and O–H groups in total. The number of nitrogens with one attached hydrogen (secondary N) is 1. The summed E-state index contributed by atoms with van der Waals surface area (Å²) in [7, 11) is 0. The molecule has 0 saturated heterocycles. The second-order valence-electron chi connectivity index (χ2n) is 4.53. The second kappa shape index (κ2) is 5.82. The molecule has 0 saturated carbocycles. The first-order chi connectivity index (χ1) is 10.6. The average Bonchev–Trinajstić information content (AvgIpc) is 2.88. The van der Waals surface area contributed by atoms with E-state index < -0.39 is 0 Å². The molecule has 7 heteroatoms. The first kappa shape index (κ1) is 14.0. The fourth-order valence-electron chi connectivity index (χ4n) is 1.87. The van der Waals surface area contributed by atoms with E-state index in [0.717, 1.165) is 15.8 Å². The predicted molar refractivity (Wildman–Crippen MR) is 87.2 cm³/mol. The predicted octanol–water partition coefficient (Wildman–Crippen LogP) is 2.35. The molecule has 0 atom stereocenters. The topological polar surface area (TPSA) is 101 Å². The molecule has 0 aliphatic heterocycles. The van der Waals surface area contributed by atoms with E-state index in [1.54, 1.807) is 42.5 Å². The number of benzene rings is 2. The maximum atomic E-state index is 12.0. The Bertz CT molecular complexity index is 856. The van der Waals surface area contributed by atoms with Crippen LogP contribution < -0.4 is 11.2 Å². The number of thiazole rings is 1. The highest BCUT2D eigenvalue weighted by Gasteiger charge is 2.07. The number of hydrogen-bond acceptors (Lipinski definition) is 6. The van der Waals surface area contributed by atoms with Gasteiger partial charge in [0, 0.05) is 5.56 Å². The summed E-state index contributed by atoms with van der Waals surface area (Å²) in [5, 5.41) is 13.5. The van der Waals surface area contributed by atoms with Crippen molar-refractivity contribution in [3.05, 3.63) is 53.6 Å². The summed E-state index contributed by atoms with van der Waals surface area (Å²) >= 11 is 1.33. The van der Waals surface area contributed by atoms with Gasteiger partial charge in [-0.25, -0.2) is 10.4 Å². The number of fused-ring (bicyclic) bond motifs is 1. The summed E-state index contributed by atoms with van der Waals surface area (Å²) in [4.78, 5) is 16.2. The molecule has 22 heavy (non-hydrogen) atoms. The van der Waals surface area contributed by atoms with Crippen LogP contribution in [0.3, 0.4) is 0 Å². The number of phenols is 1. The van der Waals surface area contributed by atoms with Crippen LogP contribution in [0, 0.1) is 0 Å². The Kier molecular flexibility index (Phi) is 3.71. The van der Waals surface area contributed by atoms with Crippen molar-refractivity contribution in [2.75, 3.05) is 5.73 Å². The monoisotopic (exact) mass is 312 g/mol. The number of hydrogen-bond donors (Lipinski definition) is 3. The summed E-state index contributed by atoms with van der Waals surface area (Å²) in [5.41, 5.74) is 10.1. The number of amides is 1. The van der Waals surface area contributed by atoms with Crippen LogP contribution in [0.25, 0.3) is 10.2 Å². The van der Waals surface area contributed by atoms with E-state index in [0.29, 0.717) is 10.7 Å². The Morgan fingerprint density at radius 3 is 2.82 bits per heavy atom. The molecule has 0 aliphatic rings. The fraction of sp³-hybridized carbons (Fsp3) is 0. The van der Waals surface area contributed by atoms with Crippen LogP contribution in [0.5, 0.6) is 5.75 Å². The highest BCUT2D eigenvalue weighted by molar-refractivity contribution is 7.22. The van der Waals surface area contributed by atoms with Crippen LogP contribution in [-0.4, -0.2) is 22.2 Å². The van der Waals surface area contributed by atoms with E-state index in [2.05, 4.69) is 15.5 Å². The molecule has 1 aromatic heterocycles. The van der Waals surface area contributed by atoms with Crippen LogP contribution in [-0.2, 0) is 0 Å². The smallest absolute Gasteiger partial charge is 0.271 e. The molecular weight excluding hydrogens is 300 g/mol. The Morgan fingerprint density at radius 1 is 1.27 bits per heavy atom. The zero-order valence-electron chi connectivity index (χ0n) is 11.4. The van der Waals surface area contributed by atoms with E-state index in [-0.39, 0.29) is 11.7 Å². The van der Waals surface area contributed by atoms with Gasteiger partial charge in [-0.3, -0.25) is 4.79 Å². The van der Waals surface area contributed by atoms with Crippen LogP contribution in [0.2, 0.25) is 0 Å². The first-order valence-corrected chi connectivity index (χ1v) is 7.22. The number of hydrazone groups is 1. The van der Waals surface area contributed by atoms with Gasteiger partial charge in [0.15, 0.2) is 5.13 Å². The zero-order valence-corrected chi connectivity index (χ0v) is 12.2. The van der Waals surface area contributed by atoms with Crippen molar-refractivity contribution < 1.29 is 9.90 Å². The summed E-state index contributed by atoms with van der Waals surface area (Å²) in [6, 6.07) is 11.6. The van der Waals surface area contributed by atoms with Gasteiger partial charge in [-0.2, -0.15) is 5.10 Å². The van der Waals surface area contributed by atoms with Crippen molar-refractivity contribution in [3.8, 4) is 5.75 Å². The van der Waals surface area contributed by atoms with Crippen molar-refractivity contribution in [1.29, 1.82) is 0 Å². The van der Waals surface area contributed by atoms with E-state index in [1.165, 1.54) is 17.6 Å². The van der Waals surface area contributed by atoms with E-state index in [1.807, 2.05) is 0 Å². The minimum Gasteiger partial charge on any atom is -0.508 e. The summed E-state index contributed by atoms with van der Waals surface area (Å²) in [5.74, 6) is -0.137. The third kappa shape index (κ3) is 3.04. The molecule has 0 unspecified atom stereocenters. The number of aromatic hydroxyl groups is 1. The quantitative estimate of drug-likeness (QED) is 0.510. The number of carbonyl (C=O) groups is 1. The van der Waals surface area contributed by atoms with Gasteiger partial charge < -0.3 is 10.8 Å². The molecule has 1 amide bonds. The lowest BCUT2D eigenvalue weighted by atomic mass is 10.2. The summed E-state index contributed by atoms with van der Waals surface area (Å²) in [6.45, 7) is 0. The average molecular weight is 312 g/mol. The number of phenolic OH excluding ortho intramolecular Hbond substituents is 1. The molecule has 0 fully saturated rings. The Morgan fingerprint density at radius 2 is 2.05 bits per heavy atom. The number of nitrogen functional groups attached to an aromatic ring is 1. The minimum absolute atomic E-state index is 0.179. The highest BCUT2D eigenvalue weighted by atomic mass is 32.1. The van der Waals surface area contributed by atoms with Crippen LogP contribution >= 0.6 is 11.3 Å². The second-order valence-corrected chi connectivity index (χ2v) is 5.59. The van der Waals surface area contributed by atoms with Gasteiger partial charge in [-0.15, -0.1) is 0 Å². The van der Waals surface area contributed by atoms with Crippen molar-refractivity contribution in [3.63, 3.8) is 0 Å². The van der Waals surface area contributed by atoms with Crippen molar-refractivity contribution >= 4 is 38.8 Å². The number of nitrogens with zero attached hydrogens (tertiary/aromatic N) is 2. The molecule has 0 spiro atoms. The van der Waals surface area contributed by atoms with Gasteiger partial charge in [0.25, 0.3) is 5.91 Å². The molecule has 3 rings (SSSR count). The van der Waals surface area contributed by atoms with Gasteiger partial charge >= 0.3 is 0 Å². The van der Waals surface area contributed by atoms with Gasteiger partial charge in [-0.1, -0.05) is 11.3 Å². The number of carbonyl (C=O) groups excluding carboxylic acids is 1. The van der Waals surface area contributed by atoms with Crippen molar-refractivity contribution in [2.45, 2.75) is 0 Å². The molecule has 110 valence electrons. The zero-order chi connectivity index (χ0) is 15.5. The lowest BCUT2D eigenvalue weighted by Gasteiger charge is -1.99. The van der Waals surface area contributed by atoms with E-state index in [9.17, 15) is 9.90 Å². The van der Waals surface area contributed by atoms with Gasteiger partial charge in [0.1, 0.15) is 5.75 Å². The van der Waals surface area contributed by atoms with E-state index >= 15 is 0 Å². The fourth-order valence-corrected chi connectivity index (χ4v) is 2.65. The maximum Gasteiger partial charge on any atom is 0.271 e. The third-order valence-electron chi connectivity index (χ3n) is 2.94. The molecule has 2 aromatic carbocycles. The SMILES string of the molecule is Nc1nc2ccc(C(=O)N/N=C\c3ccc(O)cc3)cc2s1.